The molecule has 0 aromatic carbocycles. The molecule has 0 aromatic heterocycles. The topological polar surface area (TPSA) is 61.8 Å². The quantitative estimate of drug-likeness (QED) is 0.117. The molecule has 0 aromatic rings. The minimum absolute atomic E-state index is 0.152. The standard InChI is InChI=1S/C26H50O5/c1-3-5-7-8-9-10-11-12-13-14-15-18-22-30-25(27)19-16-17-20-26(28)31-24-23-29-21-6-4-2/h3-24H2,1-2H3. The zero-order chi connectivity index (χ0) is 22.8. The largest absolute Gasteiger partial charge is 0.466 e. The van der Waals surface area contributed by atoms with Crippen molar-refractivity contribution in [2.45, 2.75) is 129 Å². The van der Waals surface area contributed by atoms with Gasteiger partial charge in [0.2, 0.25) is 0 Å². The number of hydrogen-bond donors (Lipinski definition) is 0. The molecule has 5 heteroatoms. The first-order chi connectivity index (χ1) is 15.2. The van der Waals surface area contributed by atoms with Crippen LogP contribution in [0.3, 0.4) is 0 Å². The molecule has 0 heterocycles. The fraction of sp³-hybridized carbons (Fsp3) is 0.923. The van der Waals surface area contributed by atoms with Crippen molar-refractivity contribution in [2.75, 3.05) is 26.4 Å². The van der Waals surface area contributed by atoms with Crippen LogP contribution in [0.4, 0.5) is 0 Å². The summed E-state index contributed by atoms with van der Waals surface area (Å²) in [5, 5.41) is 0. The third-order valence-electron chi connectivity index (χ3n) is 5.41. The third kappa shape index (κ3) is 25.0. The van der Waals surface area contributed by atoms with E-state index in [2.05, 4.69) is 13.8 Å². The van der Waals surface area contributed by atoms with Gasteiger partial charge in [-0.25, -0.2) is 0 Å². The number of esters is 2. The number of carbonyl (C=O) groups is 2. The molecular formula is C26H50O5. The Balaban J connectivity index is 3.26. The first kappa shape index (κ1) is 29.9. The summed E-state index contributed by atoms with van der Waals surface area (Å²) in [6.45, 7) is 6.38. The fourth-order valence-electron chi connectivity index (χ4n) is 3.37. The normalized spacial score (nSPS) is 10.9. The summed E-state index contributed by atoms with van der Waals surface area (Å²) in [7, 11) is 0. The van der Waals surface area contributed by atoms with Crippen molar-refractivity contribution in [3.8, 4) is 0 Å². The molecule has 0 spiro atoms. The number of ether oxygens (including phenoxy) is 3. The van der Waals surface area contributed by atoms with E-state index in [9.17, 15) is 9.59 Å². The van der Waals surface area contributed by atoms with E-state index in [4.69, 9.17) is 14.2 Å². The molecule has 31 heavy (non-hydrogen) atoms. The van der Waals surface area contributed by atoms with Crippen LogP contribution in [0.15, 0.2) is 0 Å². The number of carbonyl (C=O) groups excluding carboxylic acids is 2. The van der Waals surface area contributed by atoms with Gasteiger partial charge in [0.15, 0.2) is 0 Å². The van der Waals surface area contributed by atoms with Crippen molar-refractivity contribution in [3.05, 3.63) is 0 Å². The highest BCUT2D eigenvalue weighted by Crippen LogP contribution is 2.12. The minimum Gasteiger partial charge on any atom is -0.466 e. The SMILES string of the molecule is CCCCCCCCCCCCCCOC(=O)CCCCC(=O)OCCOCCCC. The van der Waals surface area contributed by atoms with E-state index in [1.165, 1.54) is 64.2 Å². The lowest BCUT2D eigenvalue weighted by atomic mass is 10.1. The first-order valence-electron chi connectivity index (χ1n) is 13.1. The number of hydrogen-bond acceptors (Lipinski definition) is 5. The van der Waals surface area contributed by atoms with E-state index in [0.717, 1.165) is 32.3 Å². The van der Waals surface area contributed by atoms with Gasteiger partial charge in [0.1, 0.15) is 6.61 Å². The predicted molar refractivity (Wildman–Crippen MR) is 127 cm³/mol. The molecule has 0 rings (SSSR count). The molecule has 0 radical (unpaired) electrons. The lowest BCUT2D eigenvalue weighted by Crippen LogP contribution is -2.11. The monoisotopic (exact) mass is 442 g/mol. The number of rotatable bonds is 24. The molecule has 0 bridgehead atoms. The summed E-state index contributed by atoms with van der Waals surface area (Å²) >= 11 is 0. The lowest BCUT2D eigenvalue weighted by molar-refractivity contribution is -0.146. The molecule has 0 fully saturated rings. The van der Waals surface area contributed by atoms with Crippen LogP contribution in [0.25, 0.3) is 0 Å². The summed E-state index contributed by atoms with van der Waals surface area (Å²) in [6.07, 6.45) is 19.8. The van der Waals surface area contributed by atoms with Gasteiger partial charge >= 0.3 is 11.9 Å². The fourth-order valence-corrected chi connectivity index (χ4v) is 3.37. The van der Waals surface area contributed by atoms with Crippen molar-refractivity contribution < 1.29 is 23.8 Å². The molecule has 0 N–H and O–H groups in total. The van der Waals surface area contributed by atoms with Crippen LogP contribution < -0.4 is 0 Å². The van der Waals surface area contributed by atoms with Crippen LogP contribution in [0.5, 0.6) is 0 Å². The Kier molecular flexibility index (Phi) is 24.3. The van der Waals surface area contributed by atoms with Crippen molar-refractivity contribution in [3.63, 3.8) is 0 Å². The minimum atomic E-state index is -0.219. The molecule has 0 atom stereocenters. The Morgan fingerprint density at radius 1 is 0.452 bits per heavy atom. The van der Waals surface area contributed by atoms with Gasteiger partial charge in [-0.3, -0.25) is 9.59 Å². The van der Waals surface area contributed by atoms with Gasteiger partial charge in [0.05, 0.1) is 13.2 Å². The van der Waals surface area contributed by atoms with Crippen LogP contribution >= 0.6 is 0 Å². The van der Waals surface area contributed by atoms with Gasteiger partial charge in [-0.2, -0.15) is 0 Å². The Bertz CT molecular complexity index is 397. The lowest BCUT2D eigenvalue weighted by Gasteiger charge is -2.06. The molecule has 5 nitrogen and oxygen atoms in total. The summed E-state index contributed by atoms with van der Waals surface area (Å²) in [5.74, 6) is -0.371. The molecule has 0 unspecified atom stereocenters. The molecule has 0 aliphatic rings. The molecule has 0 saturated heterocycles. The molecular weight excluding hydrogens is 392 g/mol. The van der Waals surface area contributed by atoms with E-state index < -0.39 is 0 Å². The average Bonchev–Trinajstić information content (AvgIpc) is 2.77. The second kappa shape index (κ2) is 25.2. The van der Waals surface area contributed by atoms with Crippen LogP contribution in [0, 0.1) is 0 Å². The van der Waals surface area contributed by atoms with Crippen LogP contribution in [0.2, 0.25) is 0 Å². The van der Waals surface area contributed by atoms with Crippen LogP contribution in [-0.2, 0) is 23.8 Å². The molecule has 184 valence electrons. The summed E-state index contributed by atoms with van der Waals surface area (Å²) in [4.78, 5) is 23.3. The van der Waals surface area contributed by atoms with E-state index >= 15 is 0 Å². The maximum Gasteiger partial charge on any atom is 0.305 e. The molecule has 0 saturated carbocycles. The van der Waals surface area contributed by atoms with Gasteiger partial charge in [-0.15, -0.1) is 0 Å². The Labute approximate surface area is 192 Å². The maximum absolute atomic E-state index is 11.7. The second-order valence-electron chi connectivity index (χ2n) is 8.50. The van der Waals surface area contributed by atoms with E-state index in [1.54, 1.807) is 0 Å². The van der Waals surface area contributed by atoms with Gasteiger partial charge in [0.25, 0.3) is 0 Å². The smallest absolute Gasteiger partial charge is 0.305 e. The molecule has 0 aliphatic heterocycles. The van der Waals surface area contributed by atoms with Crippen LogP contribution in [0.1, 0.15) is 129 Å². The van der Waals surface area contributed by atoms with E-state index in [1.807, 2.05) is 0 Å². The third-order valence-corrected chi connectivity index (χ3v) is 5.41. The number of unbranched alkanes of at least 4 members (excludes halogenated alkanes) is 13. The molecule has 0 aliphatic carbocycles. The van der Waals surface area contributed by atoms with Crippen molar-refractivity contribution in [2.24, 2.45) is 0 Å². The second-order valence-corrected chi connectivity index (χ2v) is 8.50. The zero-order valence-corrected chi connectivity index (χ0v) is 20.6. The summed E-state index contributed by atoms with van der Waals surface area (Å²) < 4.78 is 15.7. The van der Waals surface area contributed by atoms with Gasteiger partial charge in [-0.05, 0) is 25.7 Å². The Hall–Kier alpha value is -1.10. The Morgan fingerprint density at radius 3 is 1.42 bits per heavy atom. The van der Waals surface area contributed by atoms with Gasteiger partial charge < -0.3 is 14.2 Å². The summed E-state index contributed by atoms with van der Waals surface area (Å²) in [5.41, 5.74) is 0. The highest BCUT2D eigenvalue weighted by molar-refractivity contribution is 5.70. The maximum atomic E-state index is 11.7. The summed E-state index contributed by atoms with van der Waals surface area (Å²) in [6, 6.07) is 0. The van der Waals surface area contributed by atoms with Crippen LogP contribution in [-0.4, -0.2) is 38.4 Å². The van der Waals surface area contributed by atoms with Gasteiger partial charge in [0, 0.05) is 19.4 Å². The van der Waals surface area contributed by atoms with E-state index in [-0.39, 0.29) is 11.9 Å². The average molecular weight is 443 g/mol. The first-order valence-corrected chi connectivity index (χ1v) is 13.1. The predicted octanol–water partition coefficient (Wildman–Crippen LogP) is 7.15. The Morgan fingerprint density at radius 2 is 0.903 bits per heavy atom. The zero-order valence-electron chi connectivity index (χ0n) is 20.6. The van der Waals surface area contributed by atoms with Crippen molar-refractivity contribution in [1.82, 2.24) is 0 Å². The highest BCUT2D eigenvalue weighted by atomic mass is 16.6. The van der Waals surface area contributed by atoms with Crippen molar-refractivity contribution >= 4 is 11.9 Å². The highest BCUT2D eigenvalue weighted by Gasteiger charge is 2.06. The van der Waals surface area contributed by atoms with E-state index in [0.29, 0.717) is 45.5 Å². The van der Waals surface area contributed by atoms with Gasteiger partial charge in [-0.1, -0.05) is 90.9 Å². The van der Waals surface area contributed by atoms with Crippen molar-refractivity contribution in [1.29, 1.82) is 0 Å². The molecule has 0 amide bonds.